The summed E-state index contributed by atoms with van der Waals surface area (Å²) in [5, 5.41) is 22.9. The van der Waals surface area contributed by atoms with Gasteiger partial charge in [0.1, 0.15) is 22.6 Å². The van der Waals surface area contributed by atoms with Gasteiger partial charge in [0.05, 0.1) is 18.7 Å². The van der Waals surface area contributed by atoms with Crippen molar-refractivity contribution in [2.75, 3.05) is 12.4 Å². The van der Waals surface area contributed by atoms with Gasteiger partial charge < -0.3 is 15.2 Å². The minimum atomic E-state index is -0.925. The third-order valence-electron chi connectivity index (χ3n) is 6.57. The Morgan fingerprint density at radius 1 is 1.11 bits per heavy atom. The highest BCUT2D eigenvalue weighted by Gasteiger charge is 2.36. The van der Waals surface area contributed by atoms with Gasteiger partial charge in [0.25, 0.3) is 0 Å². The van der Waals surface area contributed by atoms with Crippen LogP contribution >= 0.6 is 11.3 Å². The van der Waals surface area contributed by atoms with Crippen molar-refractivity contribution in [3.05, 3.63) is 81.7 Å². The monoisotopic (exact) mass is 501 g/mol. The lowest BCUT2D eigenvalue weighted by molar-refractivity contribution is -0.141. The Morgan fingerprint density at radius 3 is 2.56 bits per heavy atom. The van der Waals surface area contributed by atoms with Crippen molar-refractivity contribution in [1.29, 1.82) is 0 Å². The summed E-state index contributed by atoms with van der Waals surface area (Å²) in [5.41, 5.74) is 5.63. The van der Waals surface area contributed by atoms with Crippen molar-refractivity contribution in [3.8, 4) is 10.8 Å². The average molecular weight is 502 g/mol. The number of carboxylic acids is 1. The van der Waals surface area contributed by atoms with Crippen molar-refractivity contribution < 1.29 is 14.6 Å². The van der Waals surface area contributed by atoms with E-state index >= 15 is 0 Å². The van der Waals surface area contributed by atoms with E-state index < -0.39 is 17.9 Å². The summed E-state index contributed by atoms with van der Waals surface area (Å²) < 4.78 is 7.29. The Bertz CT molecular complexity index is 1490. The number of hydrogen-bond acceptors (Lipinski definition) is 7. The number of aliphatic imine (C=N–C) groups is 1. The molecule has 0 fully saturated rings. The van der Waals surface area contributed by atoms with Crippen LogP contribution in [0.1, 0.15) is 46.2 Å². The van der Waals surface area contributed by atoms with Gasteiger partial charge in [0.15, 0.2) is 5.82 Å². The maximum atomic E-state index is 12.0. The molecule has 8 nitrogen and oxygen atoms in total. The molecule has 2 aromatic heterocycles. The van der Waals surface area contributed by atoms with Gasteiger partial charge in [0.2, 0.25) is 0 Å². The lowest BCUT2D eigenvalue weighted by atomic mass is 9.98. The normalized spacial score (nSPS) is 15.4. The number of aliphatic carboxylic acids is 1. The molecule has 0 saturated carbocycles. The second kappa shape index (κ2) is 9.23. The molecule has 0 spiro atoms. The van der Waals surface area contributed by atoms with E-state index in [2.05, 4.69) is 29.4 Å². The SMILES string of the molecule is COc1cccc(Nc2ccc(C3=N[C@@H](C(C)C(=O)O)c4nnc(C)n4-c4sc(C)c(C)c43)cc2)c1. The molecular formula is C27H27N5O3S. The average Bonchev–Trinajstić information content (AvgIpc) is 3.34. The largest absolute Gasteiger partial charge is 0.497 e. The van der Waals surface area contributed by atoms with Crippen LogP contribution in [0.3, 0.4) is 0 Å². The van der Waals surface area contributed by atoms with Crippen LogP contribution in [0, 0.1) is 26.7 Å². The number of aryl methyl sites for hydroxylation is 2. The topological polar surface area (TPSA) is 102 Å². The number of anilines is 2. The molecule has 0 radical (unpaired) electrons. The summed E-state index contributed by atoms with van der Waals surface area (Å²) >= 11 is 1.65. The molecule has 2 atom stereocenters. The Balaban J connectivity index is 1.61. The van der Waals surface area contributed by atoms with Crippen molar-refractivity contribution >= 4 is 34.4 Å². The fourth-order valence-electron chi connectivity index (χ4n) is 4.40. The number of hydrogen-bond donors (Lipinski definition) is 2. The van der Waals surface area contributed by atoms with Crippen LogP contribution in [-0.4, -0.2) is 38.7 Å². The highest BCUT2D eigenvalue weighted by molar-refractivity contribution is 7.15. The third-order valence-corrected chi connectivity index (χ3v) is 7.76. The fourth-order valence-corrected chi connectivity index (χ4v) is 5.61. The number of thiophene rings is 1. The molecule has 184 valence electrons. The molecule has 0 saturated heterocycles. The van der Waals surface area contributed by atoms with E-state index in [0.29, 0.717) is 11.6 Å². The van der Waals surface area contributed by atoms with Gasteiger partial charge in [-0.2, -0.15) is 0 Å². The van der Waals surface area contributed by atoms with Gasteiger partial charge in [-0.1, -0.05) is 18.2 Å². The van der Waals surface area contributed by atoms with Crippen LogP contribution in [0.5, 0.6) is 5.75 Å². The number of aromatic nitrogens is 3. The summed E-state index contributed by atoms with van der Waals surface area (Å²) in [6.45, 7) is 7.72. The summed E-state index contributed by atoms with van der Waals surface area (Å²) in [5.74, 6) is 0.347. The van der Waals surface area contributed by atoms with Crippen LogP contribution in [0.2, 0.25) is 0 Å². The van der Waals surface area contributed by atoms with Gasteiger partial charge in [0, 0.05) is 33.4 Å². The molecule has 36 heavy (non-hydrogen) atoms. The van der Waals surface area contributed by atoms with Gasteiger partial charge in [-0.25, -0.2) is 0 Å². The standard InChI is InChI=1S/C27H27N5O3S/c1-14-16(3)36-26-22(14)24(29-23(15(2)27(33)34)25-31-30-17(4)32(25)26)18-9-11-19(12-10-18)28-20-7-6-8-21(13-20)35-5/h6-13,15,23,28H,1-5H3,(H,33,34)/t15?,23-/m0/s1. The molecule has 1 aliphatic rings. The lowest BCUT2D eigenvalue weighted by Gasteiger charge is -2.16. The van der Waals surface area contributed by atoms with Crippen molar-refractivity contribution in [2.45, 2.75) is 33.7 Å². The van der Waals surface area contributed by atoms with E-state index in [1.54, 1.807) is 25.4 Å². The molecule has 2 N–H and O–H groups in total. The number of ether oxygens (including phenoxy) is 1. The smallest absolute Gasteiger partial charge is 0.308 e. The van der Waals surface area contributed by atoms with Crippen LogP contribution in [-0.2, 0) is 4.79 Å². The zero-order chi connectivity index (χ0) is 25.6. The second-order valence-corrected chi connectivity index (χ2v) is 10.1. The maximum absolute atomic E-state index is 12.0. The van der Waals surface area contributed by atoms with Crippen LogP contribution in [0.4, 0.5) is 11.4 Å². The first-order valence-electron chi connectivity index (χ1n) is 11.6. The first kappa shape index (κ1) is 23.7. The van der Waals surface area contributed by atoms with Gasteiger partial charge >= 0.3 is 5.97 Å². The third kappa shape index (κ3) is 4.05. The first-order valence-corrected chi connectivity index (χ1v) is 12.4. The number of nitrogens with zero attached hydrogens (tertiary/aromatic N) is 4. The molecule has 0 amide bonds. The maximum Gasteiger partial charge on any atom is 0.308 e. The van der Waals surface area contributed by atoms with Crippen molar-refractivity contribution in [2.24, 2.45) is 10.9 Å². The number of fused-ring (bicyclic) bond motifs is 3. The molecule has 9 heteroatoms. The Kier molecular flexibility index (Phi) is 6.09. The Morgan fingerprint density at radius 2 is 1.86 bits per heavy atom. The molecule has 0 aliphatic carbocycles. The van der Waals surface area contributed by atoms with Crippen LogP contribution in [0.15, 0.2) is 53.5 Å². The number of carboxylic acid groups (broad SMARTS) is 1. The fraction of sp³-hybridized carbons (Fsp3) is 0.259. The number of carbonyl (C=O) groups is 1. The van der Waals surface area contributed by atoms with Crippen LogP contribution < -0.4 is 10.1 Å². The Hall–Kier alpha value is -3.98. The second-order valence-electron chi connectivity index (χ2n) is 8.89. The van der Waals surface area contributed by atoms with E-state index in [4.69, 9.17) is 9.73 Å². The number of rotatable bonds is 6. The van der Waals surface area contributed by atoms with Crippen molar-refractivity contribution in [3.63, 3.8) is 0 Å². The van der Waals surface area contributed by atoms with E-state index in [1.807, 2.05) is 60.0 Å². The molecule has 5 rings (SSSR count). The predicted octanol–water partition coefficient (Wildman–Crippen LogP) is 5.62. The molecule has 1 unspecified atom stereocenters. The summed E-state index contributed by atoms with van der Waals surface area (Å²) in [7, 11) is 1.64. The molecule has 3 heterocycles. The van der Waals surface area contributed by atoms with E-state index in [-0.39, 0.29) is 0 Å². The minimum Gasteiger partial charge on any atom is -0.497 e. The highest BCUT2D eigenvalue weighted by Crippen LogP contribution is 2.40. The lowest BCUT2D eigenvalue weighted by Crippen LogP contribution is -2.21. The van der Waals surface area contributed by atoms with Gasteiger partial charge in [-0.05, 0) is 57.5 Å². The van der Waals surface area contributed by atoms with Crippen LogP contribution in [0.25, 0.3) is 5.00 Å². The van der Waals surface area contributed by atoms with E-state index in [0.717, 1.165) is 44.5 Å². The highest BCUT2D eigenvalue weighted by atomic mass is 32.1. The molecular weight excluding hydrogens is 474 g/mol. The first-order chi connectivity index (χ1) is 17.3. The zero-order valence-electron chi connectivity index (χ0n) is 20.7. The zero-order valence-corrected chi connectivity index (χ0v) is 21.6. The molecule has 4 aromatic rings. The number of benzene rings is 2. The van der Waals surface area contributed by atoms with Gasteiger partial charge in [-0.3, -0.25) is 14.4 Å². The minimum absolute atomic E-state index is 0.552. The molecule has 2 aromatic carbocycles. The summed E-state index contributed by atoms with van der Waals surface area (Å²) in [6, 6.07) is 15.1. The molecule has 1 aliphatic heterocycles. The number of nitrogens with one attached hydrogen (secondary N) is 1. The van der Waals surface area contributed by atoms with E-state index in [1.165, 1.54) is 4.88 Å². The quantitative estimate of drug-likeness (QED) is 0.356. The molecule has 0 bridgehead atoms. The summed E-state index contributed by atoms with van der Waals surface area (Å²) in [4.78, 5) is 18.3. The predicted molar refractivity (Wildman–Crippen MR) is 141 cm³/mol. The number of methoxy groups -OCH3 is 1. The van der Waals surface area contributed by atoms with Gasteiger partial charge in [-0.15, -0.1) is 21.5 Å². The van der Waals surface area contributed by atoms with E-state index in [9.17, 15) is 9.90 Å². The Labute approximate surface area is 213 Å². The van der Waals surface area contributed by atoms with Crippen molar-refractivity contribution in [1.82, 2.24) is 14.8 Å². The summed E-state index contributed by atoms with van der Waals surface area (Å²) in [6.07, 6.45) is 0.